The number of thioether (sulfide) groups is 1. The average molecular weight is 379 g/mol. The molecule has 0 bridgehead atoms. The quantitative estimate of drug-likeness (QED) is 0.701. The van der Waals surface area contributed by atoms with Crippen LogP contribution in [0.1, 0.15) is 44.1 Å². The van der Waals surface area contributed by atoms with Crippen molar-refractivity contribution in [1.82, 2.24) is 19.8 Å². The van der Waals surface area contributed by atoms with E-state index in [2.05, 4.69) is 32.9 Å². The highest BCUT2D eigenvalue weighted by Crippen LogP contribution is 2.41. The van der Waals surface area contributed by atoms with Gasteiger partial charge in [0.25, 0.3) is 0 Å². The standard InChI is InChI=1S/C20H34N4OS/c1-3-19-21-9-6-17(22-19)14-23-12-7-18-20(15-23,16-25)8-4-10-24(18)11-5-13-26-2/h6,9,18,25H,3-5,7-8,10-16H2,1-2H3/t18-,20-/m1/s1. The molecular formula is C20H34N4OS. The molecule has 0 radical (unpaired) electrons. The van der Waals surface area contributed by atoms with Gasteiger partial charge in [0.1, 0.15) is 5.82 Å². The zero-order valence-electron chi connectivity index (χ0n) is 16.4. The first-order valence-corrected chi connectivity index (χ1v) is 11.5. The van der Waals surface area contributed by atoms with Gasteiger partial charge in [-0.25, -0.2) is 9.97 Å². The lowest BCUT2D eigenvalue weighted by Gasteiger charge is -2.54. The molecule has 2 atom stereocenters. The number of aryl methyl sites for hydroxylation is 1. The van der Waals surface area contributed by atoms with Gasteiger partial charge in [0.05, 0.1) is 12.3 Å². The van der Waals surface area contributed by atoms with Crippen LogP contribution in [0.5, 0.6) is 0 Å². The topological polar surface area (TPSA) is 52.5 Å². The van der Waals surface area contributed by atoms with E-state index >= 15 is 0 Å². The molecule has 0 amide bonds. The first-order valence-electron chi connectivity index (χ1n) is 10.1. The number of aliphatic hydroxyl groups is 1. The zero-order chi connectivity index (χ0) is 18.4. The number of rotatable bonds is 8. The molecule has 0 spiro atoms. The Labute approximate surface area is 162 Å². The number of hydrogen-bond donors (Lipinski definition) is 1. The van der Waals surface area contributed by atoms with Crippen LogP contribution in [-0.2, 0) is 13.0 Å². The molecule has 1 N–H and O–H groups in total. The van der Waals surface area contributed by atoms with Crippen molar-refractivity contribution in [2.45, 2.75) is 51.6 Å². The number of nitrogens with zero attached hydrogens (tertiary/aromatic N) is 4. The van der Waals surface area contributed by atoms with Gasteiger partial charge in [-0.1, -0.05) is 6.92 Å². The van der Waals surface area contributed by atoms with Crippen LogP contribution in [0.4, 0.5) is 0 Å². The Balaban J connectivity index is 1.66. The molecule has 0 unspecified atom stereocenters. The zero-order valence-corrected chi connectivity index (χ0v) is 17.2. The first kappa shape index (κ1) is 20.1. The number of fused-ring (bicyclic) bond motifs is 1. The summed E-state index contributed by atoms with van der Waals surface area (Å²) in [5.74, 6) is 2.15. The second-order valence-electron chi connectivity index (χ2n) is 7.84. The summed E-state index contributed by atoms with van der Waals surface area (Å²) in [7, 11) is 0. The van der Waals surface area contributed by atoms with Crippen molar-refractivity contribution >= 4 is 11.8 Å². The third kappa shape index (κ3) is 4.58. The van der Waals surface area contributed by atoms with Gasteiger partial charge in [0, 0.05) is 43.7 Å². The fourth-order valence-electron chi connectivity index (χ4n) is 4.82. The largest absolute Gasteiger partial charge is 0.396 e. The summed E-state index contributed by atoms with van der Waals surface area (Å²) in [6, 6.07) is 2.57. The van der Waals surface area contributed by atoms with E-state index in [1.807, 2.05) is 24.0 Å². The van der Waals surface area contributed by atoms with Crippen molar-refractivity contribution in [3.05, 3.63) is 23.8 Å². The third-order valence-electron chi connectivity index (χ3n) is 6.10. The van der Waals surface area contributed by atoms with Crippen LogP contribution in [-0.4, -0.2) is 75.7 Å². The maximum absolute atomic E-state index is 10.3. The van der Waals surface area contributed by atoms with Crippen molar-refractivity contribution in [3.8, 4) is 0 Å². The fourth-order valence-corrected chi connectivity index (χ4v) is 5.24. The molecule has 146 valence electrons. The molecule has 26 heavy (non-hydrogen) atoms. The minimum Gasteiger partial charge on any atom is -0.396 e. The summed E-state index contributed by atoms with van der Waals surface area (Å²) in [4.78, 5) is 14.2. The summed E-state index contributed by atoms with van der Waals surface area (Å²) in [5.41, 5.74) is 1.15. The van der Waals surface area contributed by atoms with Crippen LogP contribution < -0.4 is 0 Å². The molecule has 1 aromatic heterocycles. The fraction of sp³-hybridized carbons (Fsp3) is 0.800. The summed E-state index contributed by atoms with van der Waals surface area (Å²) < 4.78 is 0. The molecule has 3 rings (SSSR count). The lowest BCUT2D eigenvalue weighted by atomic mass is 9.69. The summed E-state index contributed by atoms with van der Waals surface area (Å²) in [5, 5.41) is 10.3. The molecule has 1 aromatic rings. The van der Waals surface area contributed by atoms with E-state index in [4.69, 9.17) is 0 Å². The summed E-state index contributed by atoms with van der Waals surface area (Å²) in [6.07, 6.45) is 9.70. The second-order valence-corrected chi connectivity index (χ2v) is 8.82. The van der Waals surface area contributed by atoms with E-state index in [1.165, 1.54) is 31.7 Å². The molecule has 0 aromatic carbocycles. The van der Waals surface area contributed by atoms with Crippen molar-refractivity contribution in [3.63, 3.8) is 0 Å². The highest BCUT2D eigenvalue weighted by molar-refractivity contribution is 7.98. The van der Waals surface area contributed by atoms with Crippen molar-refractivity contribution < 1.29 is 5.11 Å². The number of likely N-dealkylation sites (tertiary alicyclic amines) is 2. The molecule has 2 fully saturated rings. The summed E-state index contributed by atoms with van der Waals surface area (Å²) >= 11 is 1.93. The number of aliphatic hydroxyl groups excluding tert-OH is 1. The maximum Gasteiger partial charge on any atom is 0.128 e. The highest BCUT2D eigenvalue weighted by atomic mass is 32.2. The van der Waals surface area contributed by atoms with Gasteiger partial charge in [-0.2, -0.15) is 11.8 Å². The van der Waals surface area contributed by atoms with Gasteiger partial charge < -0.3 is 5.11 Å². The third-order valence-corrected chi connectivity index (χ3v) is 6.80. The van der Waals surface area contributed by atoms with Crippen molar-refractivity contribution in [2.75, 3.05) is 44.8 Å². The van der Waals surface area contributed by atoms with Crippen molar-refractivity contribution in [2.24, 2.45) is 5.41 Å². The number of hydrogen-bond acceptors (Lipinski definition) is 6. The van der Waals surface area contributed by atoms with E-state index in [0.29, 0.717) is 12.6 Å². The molecule has 5 nitrogen and oxygen atoms in total. The number of piperidine rings is 2. The Hall–Kier alpha value is -0.690. The van der Waals surface area contributed by atoms with E-state index in [1.54, 1.807) is 0 Å². The predicted molar refractivity (Wildman–Crippen MR) is 108 cm³/mol. The molecule has 0 aliphatic carbocycles. The first-order chi connectivity index (χ1) is 12.7. The Morgan fingerprint density at radius 3 is 3.04 bits per heavy atom. The highest BCUT2D eigenvalue weighted by Gasteiger charge is 2.47. The van der Waals surface area contributed by atoms with Gasteiger partial charge in [-0.15, -0.1) is 0 Å². The monoisotopic (exact) mass is 378 g/mol. The lowest BCUT2D eigenvalue weighted by Crippen LogP contribution is -2.62. The molecule has 0 saturated carbocycles. The normalized spacial score (nSPS) is 27.4. The maximum atomic E-state index is 10.3. The SMILES string of the molecule is CCc1nccc(CN2CC[C@H]3N(CCCSC)CCC[C@]3(CO)C2)n1. The predicted octanol–water partition coefficient (Wildman–Crippen LogP) is 2.44. The minimum absolute atomic E-state index is 0.0382. The van der Waals surface area contributed by atoms with E-state index < -0.39 is 0 Å². The van der Waals surface area contributed by atoms with E-state index in [9.17, 15) is 5.11 Å². The van der Waals surface area contributed by atoms with Crippen LogP contribution in [0.3, 0.4) is 0 Å². The Bertz CT molecular complexity index is 572. The lowest BCUT2D eigenvalue weighted by molar-refractivity contribution is -0.0802. The Morgan fingerprint density at radius 1 is 1.38 bits per heavy atom. The van der Waals surface area contributed by atoms with Gasteiger partial charge in [0.2, 0.25) is 0 Å². The molecular weight excluding hydrogens is 344 g/mol. The second kappa shape index (κ2) is 9.49. The van der Waals surface area contributed by atoms with Crippen LogP contribution in [0.2, 0.25) is 0 Å². The average Bonchev–Trinajstić information content (AvgIpc) is 2.68. The van der Waals surface area contributed by atoms with Crippen LogP contribution in [0, 0.1) is 5.41 Å². The molecule has 3 heterocycles. The summed E-state index contributed by atoms with van der Waals surface area (Å²) in [6.45, 7) is 7.73. The Kier molecular flexibility index (Phi) is 7.32. The van der Waals surface area contributed by atoms with Gasteiger partial charge in [0.15, 0.2) is 0 Å². The van der Waals surface area contributed by atoms with E-state index in [0.717, 1.165) is 50.4 Å². The Morgan fingerprint density at radius 2 is 2.27 bits per heavy atom. The molecule has 2 aliphatic heterocycles. The van der Waals surface area contributed by atoms with Gasteiger partial charge in [-0.3, -0.25) is 9.80 Å². The number of aromatic nitrogens is 2. The van der Waals surface area contributed by atoms with Crippen LogP contribution >= 0.6 is 11.8 Å². The van der Waals surface area contributed by atoms with Gasteiger partial charge >= 0.3 is 0 Å². The molecule has 2 aliphatic rings. The van der Waals surface area contributed by atoms with Gasteiger partial charge in [-0.05, 0) is 56.8 Å². The molecule has 2 saturated heterocycles. The van der Waals surface area contributed by atoms with E-state index in [-0.39, 0.29) is 5.41 Å². The van der Waals surface area contributed by atoms with Crippen LogP contribution in [0.25, 0.3) is 0 Å². The van der Waals surface area contributed by atoms with Crippen LogP contribution in [0.15, 0.2) is 12.3 Å². The smallest absolute Gasteiger partial charge is 0.128 e. The van der Waals surface area contributed by atoms with Crippen molar-refractivity contribution in [1.29, 1.82) is 0 Å². The molecule has 6 heteroatoms. The minimum atomic E-state index is 0.0382.